The highest BCUT2D eigenvalue weighted by atomic mass is 35.5. The molecule has 2 nitrogen and oxygen atoms in total. The molecule has 0 aliphatic heterocycles. The largest absolute Gasteiger partial charge is 0.382 e. The molecule has 1 N–H and O–H groups in total. The maximum atomic E-state index is 13.8. The number of benzene rings is 1. The van der Waals surface area contributed by atoms with Gasteiger partial charge in [0.05, 0.1) is 10.7 Å². The molecule has 1 atom stereocenters. The fourth-order valence-electron chi connectivity index (χ4n) is 1.64. The molecular weight excluding hydrogens is 285 g/mol. The number of rotatable bonds is 2. The van der Waals surface area contributed by atoms with Crippen LogP contribution in [-0.2, 0) is 5.41 Å². The van der Waals surface area contributed by atoms with E-state index in [-0.39, 0.29) is 11.0 Å². The Bertz CT molecular complexity index is 591. The minimum atomic E-state index is -1.07. The van der Waals surface area contributed by atoms with Crippen molar-refractivity contribution in [2.75, 3.05) is 0 Å². The summed E-state index contributed by atoms with van der Waals surface area (Å²) in [5.74, 6) is -0.523. The fraction of sp³-hybridized carbons (Fsp3) is 0.357. The monoisotopic (exact) mass is 299 g/mol. The van der Waals surface area contributed by atoms with Crippen LogP contribution in [0.1, 0.15) is 43.1 Å². The zero-order chi connectivity index (χ0) is 14.2. The lowest BCUT2D eigenvalue weighted by molar-refractivity contribution is 0.210. The van der Waals surface area contributed by atoms with E-state index < -0.39 is 11.9 Å². The van der Waals surface area contributed by atoms with Gasteiger partial charge in [-0.3, -0.25) is 0 Å². The van der Waals surface area contributed by atoms with Gasteiger partial charge in [-0.05, 0) is 12.1 Å². The molecule has 0 radical (unpaired) electrons. The minimum absolute atomic E-state index is 0.0822. The summed E-state index contributed by atoms with van der Waals surface area (Å²) in [6, 6.07) is 4.23. The smallest absolute Gasteiger partial charge is 0.130 e. The third kappa shape index (κ3) is 3.14. The predicted molar refractivity (Wildman–Crippen MR) is 76.3 cm³/mol. The van der Waals surface area contributed by atoms with Crippen LogP contribution < -0.4 is 0 Å². The first-order valence-electron chi connectivity index (χ1n) is 5.88. The van der Waals surface area contributed by atoms with Gasteiger partial charge in [-0.1, -0.05) is 38.4 Å². The van der Waals surface area contributed by atoms with Crippen molar-refractivity contribution in [2.24, 2.45) is 0 Å². The number of thiazole rings is 1. The topological polar surface area (TPSA) is 33.1 Å². The Labute approximate surface area is 120 Å². The van der Waals surface area contributed by atoms with Gasteiger partial charge >= 0.3 is 0 Å². The van der Waals surface area contributed by atoms with Crippen LogP contribution in [0.2, 0.25) is 5.02 Å². The van der Waals surface area contributed by atoms with Crippen molar-refractivity contribution in [1.29, 1.82) is 0 Å². The van der Waals surface area contributed by atoms with Gasteiger partial charge in [0.15, 0.2) is 0 Å². The molecule has 5 heteroatoms. The SMILES string of the molecule is CC(C)(C)c1nc(C(O)c2ccc(Cl)cc2F)cs1. The molecule has 0 saturated heterocycles. The highest BCUT2D eigenvalue weighted by Gasteiger charge is 2.22. The summed E-state index contributed by atoms with van der Waals surface area (Å²) in [4.78, 5) is 4.39. The second-order valence-electron chi connectivity index (χ2n) is 5.40. The van der Waals surface area contributed by atoms with Crippen molar-refractivity contribution in [3.05, 3.63) is 50.7 Å². The summed E-state index contributed by atoms with van der Waals surface area (Å²) in [6.07, 6.45) is -1.07. The fourth-order valence-corrected chi connectivity index (χ4v) is 2.72. The number of aliphatic hydroxyl groups excluding tert-OH is 1. The standard InChI is InChI=1S/C14H15ClFNOS/c1-14(2,3)13-17-11(7-19-13)12(18)9-5-4-8(15)6-10(9)16/h4-7,12,18H,1-3H3. The number of halogens is 2. The third-order valence-electron chi connectivity index (χ3n) is 2.70. The Kier molecular flexibility index (Phi) is 3.95. The minimum Gasteiger partial charge on any atom is -0.382 e. The highest BCUT2D eigenvalue weighted by molar-refractivity contribution is 7.09. The summed E-state index contributed by atoms with van der Waals surface area (Å²) in [6.45, 7) is 6.14. The summed E-state index contributed by atoms with van der Waals surface area (Å²) in [7, 11) is 0. The quantitative estimate of drug-likeness (QED) is 0.896. The molecule has 0 aliphatic carbocycles. The second kappa shape index (κ2) is 5.19. The maximum absolute atomic E-state index is 13.8. The van der Waals surface area contributed by atoms with Gasteiger partial charge in [-0.2, -0.15) is 0 Å². The Balaban J connectivity index is 2.34. The highest BCUT2D eigenvalue weighted by Crippen LogP contribution is 2.31. The number of hydrogen-bond acceptors (Lipinski definition) is 3. The molecule has 1 heterocycles. The van der Waals surface area contributed by atoms with E-state index in [2.05, 4.69) is 4.98 Å². The van der Waals surface area contributed by atoms with E-state index in [0.29, 0.717) is 10.7 Å². The zero-order valence-corrected chi connectivity index (χ0v) is 12.5. The van der Waals surface area contributed by atoms with Gasteiger partial charge < -0.3 is 5.11 Å². The van der Waals surface area contributed by atoms with E-state index in [9.17, 15) is 9.50 Å². The molecule has 102 valence electrons. The molecule has 0 amide bonds. The van der Waals surface area contributed by atoms with Crippen LogP contribution in [0.3, 0.4) is 0 Å². The van der Waals surface area contributed by atoms with E-state index in [1.54, 1.807) is 11.4 Å². The summed E-state index contributed by atoms with van der Waals surface area (Å²) >= 11 is 7.17. The summed E-state index contributed by atoms with van der Waals surface area (Å²) in [5, 5.41) is 13.2. The van der Waals surface area contributed by atoms with Crippen molar-refractivity contribution in [1.82, 2.24) is 4.98 Å². The van der Waals surface area contributed by atoms with Gasteiger partial charge in [0.1, 0.15) is 11.9 Å². The van der Waals surface area contributed by atoms with E-state index in [1.165, 1.54) is 23.5 Å². The van der Waals surface area contributed by atoms with Crippen molar-refractivity contribution in [3.63, 3.8) is 0 Å². The summed E-state index contributed by atoms with van der Waals surface area (Å²) in [5.41, 5.74) is 0.576. The Morgan fingerprint density at radius 3 is 2.58 bits per heavy atom. The van der Waals surface area contributed by atoms with Crippen molar-refractivity contribution >= 4 is 22.9 Å². The first-order chi connectivity index (χ1) is 8.79. The molecular formula is C14H15ClFNOS. The van der Waals surface area contributed by atoms with E-state index in [0.717, 1.165) is 5.01 Å². The average Bonchev–Trinajstić information content (AvgIpc) is 2.76. The van der Waals surface area contributed by atoms with Gasteiger partial charge in [0.2, 0.25) is 0 Å². The molecule has 1 aromatic carbocycles. The lowest BCUT2D eigenvalue weighted by Gasteiger charge is -2.14. The van der Waals surface area contributed by atoms with E-state index in [1.807, 2.05) is 20.8 Å². The third-order valence-corrected chi connectivity index (χ3v) is 4.22. The van der Waals surface area contributed by atoms with E-state index >= 15 is 0 Å². The molecule has 1 unspecified atom stereocenters. The molecule has 1 aromatic heterocycles. The zero-order valence-electron chi connectivity index (χ0n) is 10.9. The van der Waals surface area contributed by atoms with Crippen LogP contribution in [-0.4, -0.2) is 10.1 Å². The second-order valence-corrected chi connectivity index (χ2v) is 6.69. The Hall–Kier alpha value is -0.970. The molecule has 2 aromatic rings. The van der Waals surface area contributed by atoms with Crippen molar-refractivity contribution in [3.8, 4) is 0 Å². The molecule has 0 bridgehead atoms. The molecule has 2 rings (SSSR count). The van der Waals surface area contributed by atoms with Gasteiger partial charge in [0, 0.05) is 21.4 Å². The van der Waals surface area contributed by atoms with Crippen LogP contribution in [0.4, 0.5) is 4.39 Å². The van der Waals surface area contributed by atoms with Crippen LogP contribution in [0, 0.1) is 5.82 Å². The Morgan fingerprint density at radius 1 is 1.37 bits per heavy atom. The first kappa shape index (κ1) is 14.4. The van der Waals surface area contributed by atoms with Crippen LogP contribution in [0.25, 0.3) is 0 Å². The molecule has 19 heavy (non-hydrogen) atoms. The van der Waals surface area contributed by atoms with Crippen LogP contribution in [0.15, 0.2) is 23.6 Å². The normalized spacial score (nSPS) is 13.6. The lowest BCUT2D eigenvalue weighted by Crippen LogP contribution is -2.11. The molecule has 0 aliphatic rings. The van der Waals surface area contributed by atoms with Crippen LogP contribution in [0.5, 0.6) is 0 Å². The van der Waals surface area contributed by atoms with Crippen LogP contribution >= 0.6 is 22.9 Å². The Morgan fingerprint density at radius 2 is 2.05 bits per heavy atom. The van der Waals surface area contributed by atoms with Gasteiger partial charge in [0.25, 0.3) is 0 Å². The van der Waals surface area contributed by atoms with Crippen molar-refractivity contribution in [2.45, 2.75) is 32.3 Å². The number of nitrogens with zero attached hydrogens (tertiary/aromatic N) is 1. The molecule has 0 spiro atoms. The maximum Gasteiger partial charge on any atom is 0.130 e. The number of aliphatic hydroxyl groups is 1. The van der Waals surface area contributed by atoms with Gasteiger partial charge in [-0.25, -0.2) is 9.37 Å². The van der Waals surface area contributed by atoms with Crippen molar-refractivity contribution < 1.29 is 9.50 Å². The van der Waals surface area contributed by atoms with Gasteiger partial charge in [-0.15, -0.1) is 11.3 Å². The van der Waals surface area contributed by atoms with E-state index in [4.69, 9.17) is 11.6 Å². The predicted octanol–water partition coefficient (Wildman–Crippen LogP) is 4.31. The average molecular weight is 300 g/mol. The molecule has 0 fully saturated rings. The lowest BCUT2D eigenvalue weighted by atomic mass is 9.98. The number of hydrogen-bond donors (Lipinski definition) is 1. The molecule has 0 saturated carbocycles. The first-order valence-corrected chi connectivity index (χ1v) is 7.13. The number of aromatic nitrogens is 1. The summed E-state index contributed by atoms with van der Waals surface area (Å²) < 4.78 is 13.8.